The van der Waals surface area contributed by atoms with Crippen molar-refractivity contribution in [1.82, 2.24) is 0 Å². The van der Waals surface area contributed by atoms with Gasteiger partial charge in [-0.15, -0.1) is 11.8 Å². The molecule has 0 amide bonds. The van der Waals surface area contributed by atoms with Crippen LogP contribution in [0.1, 0.15) is 10.4 Å². The highest BCUT2D eigenvalue weighted by Gasteiger charge is 2.14. The monoisotopic (exact) mass is 275 g/mol. The number of aromatic carboxylic acids is 1. The van der Waals surface area contributed by atoms with Crippen LogP contribution in [0.2, 0.25) is 0 Å². The van der Waals surface area contributed by atoms with Crippen molar-refractivity contribution >= 4 is 23.4 Å². The third-order valence-electron chi connectivity index (χ3n) is 2.56. The average Bonchev–Trinajstić information content (AvgIpc) is 2.41. The van der Waals surface area contributed by atoms with Gasteiger partial charge in [0.25, 0.3) is 0 Å². The Morgan fingerprint density at radius 2 is 1.89 bits per heavy atom. The molecule has 0 radical (unpaired) electrons. The second-order valence-corrected chi connectivity index (χ2v) is 4.69. The van der Waals surface area contributed by atoms with Gasteiger partial charge in [0, 0.05) is 4.90 Å². The van der Waals surface area contributed by atoms with E-state index in [0.717, 1.165) is 4.90 Å². The molecule has 0 fully saturated rings. The lowest BCUT2D eigenvalue weighted by molar-refractivity contribution is 0.0694. The topological polar surface area (TPSA) is 72.5 Å². The summed E-state index contributed by atoms with van der Waals surface area (Å²) in [6.45, 7) is 0. The average molecular weight is 275 g/mol. The number of nitrogen functional groups attached to an aromatic ring is 1. The minimum atomic E-state index is -1.07. The number of nitrogens with two attached hydrogens (primary N) is 1. The van der Waals surface area contributed by atoms with Gasteiger partial charge in [-0.1, -0.05) is 6.07 Å². The number of para-hydroxylation sites is 1. The molecule has 0 heterocycles. The van der Waals surface area contributed by atoms with Gasteiger partial charge >= 0.3 is 5.97 Å². The lowest BCUT2D eigenvalue weighted by atomic mass is 10.1. The van der Waals surface area contributed by atoms with E-state index in [0.29, 0.717) is 11.4 Å². The summed E-state index contributed by atoms with van der Waals surface area (Å²) in [5.41, 5.74) is 6.12. The zero-order valence-electron chi connectivity index (χ0n) is 10.3. The zero-order valence-corrected chi connectivity index (χ0v) is 11.1. The summed E-state index contributed by atoms with van der Waals surface area (Å²) in [7, 11) is 0. The van der Waals surface area contributed by atoms with Crippen molar-refractivity contribution in [2.45, 2.75) is 4.90 Å². The van der Waals surface area contributed by atoms with Crippen molar-refractivity contribution < 1.29 is 14.6 Å². The molecule has 0 bridgehead atoms. The maximum absolute atomic E-state index is 11.1. The van der Waals surface area contributed by atoms with Crippen LogP contribution in [0.5, 0.6) is 11.5 Å². The minimum absolute atomic E-state index is 0.0499. The first kappa shape index (κ1) is 13.3. The normalized spacial score (nSPS) is 10.2. The SMILES string of the molecule is CSc1ccc(Oc2c(N)cccc2C(=O)O)cc1. The summed E-state index contributed by atoms with van der Waals surface area (Å²) in [6.07, 6.45) is 1.98. The smallest absolute Gasteiger partial charge is 0.339 e. The maximum Gasteiger partial charge on any atom is 0.339 e. The van der Waals surface area contributed by atoms with E-state index < -0.39 is 5.97 Å². The van der Waals surface area contributed by atoms with Crippen molar-refractivity contribution in [1.29, 1.82) is 0 Å². The number of rotatable bonds is 4. The lowest BCUT2D eigenvalue weighted by Crippen LogP contribution is -2.02. The summed E-state index contributed by atoms with van der Waals surface area (Å²) >= 11 is 1.62. The largest absolute Gasteiger partial charge is 0.478 e. The molecular weight excluding hydrogens is 262 g/mol. The van der Waals surface area contributed by atoms with Crippen LogP contribution in [0.25, 0.3) is 0 Å². The molecule has 2 rings (SSSR count). The molecule has 2 aromatic rings. The summed E-state index contributed by atoms with van der Waals surface area (Å²) in [6, 6.07) is 12.0. The third kappa shape index (κ3) is 3.00. The molecule has 5 heteroatoms. The molecule has 98 valence electrons. The molecule has 0 spiro atoms. The van der Waals surface area contributed by atoms with Crippen LogP contribution >= 0.6 is 11.8 Å². The highest BCUT2D eigenvalue weighted by molar-refractivity contribution is 7.98. The number of thioether (sulfide) groups is 1. The molecule has 0 saturated heterocycles. The quantitative estimate of drug-likeness (QED) is 0.660. The van der Waals surface area contributed by atoms with Gasteiger partial charge in [-0.2, -0.15) is 0 Å². The maximum atomic E-state index is 11.1. The van der Waals surface area contributed by atoms with Gasteiger partial charge in [0.05, 0.1) is 5.69 Å². The van der Waals surface area contributed by atoms with E-state index in [-0.39, 0.29) is 11.3 Å². The summed E-state index contributed by atoms with van der Waals surface area (Å²) in [5.74, 6) is -0.340. The Balaban J connectivity index is 2.34. The van der Waals surface area contributed by atoms with Crippen LogP contribution in [-0.2, 0) is 0 Å². The number of anilines is 1. The lowest BCUT2D eigenvalue weighted by Gasteiger charge is -2.11. The van der Waals surface area contributed by atoms with Gasteiger partial charge < -0.3 is 15.6 Å². The molecule has 0 aliphatic heterocycles. The molecule has 0 unspecified atom stereocenters. The number of hydrogen-bond acceptors (Lipinski definition) is 4. The number of ether oxygens (including phenoxy) is 1. The summed E-state index contributed by atoms with van der Waals surface area (Å²) < 4.78 is 5.59. The van der Waals surface area contributed by atoms with Crippen LogP contribution < -0.4 is 10.5 Å². The van der Waals surface area contributed by atoms with Gasteiger partial charge in [0.1, 0.15) is 11.3 Å². The number of carboxylic acid groups (broad SMARTS) is 1. The van der Waals surface area contributed by atoms with Crippen molar-refractivity contribution in [3.63, 3.8) is 0 Å². The molecule has 19 heavy (non-hydrogen) atoms. The highest BCUT2D eigenvalue weighted by atomic mass is 32.2. The first-order valence-electron chi connectivity index (χ1n) is 5.55. The fraction of sp³-hybridized carbons (Fsp3) is 0.0714. The molecule has 0 atom stereocenters. The van der Waals surface area contributed by atoms with E-state index in [9.17, 15) is 4.79 Å². The third-order valence-corrected chi connectivity index (χ3v) is 3.30. The second kappa shape index (κ2) is 5.67. The van der Waals surface area contributed by atoms with E-state index >= 15 is 0 Å². The molecule has 2 aromatic carbocycles. The van der Waals surface area contributed by atoms with Crippen LogP contribution in [0.4, 0.5) is 5.69 Å². The number of carboxylic acids is 1. The Labute approximate surface area is 115 Å². The molecule has 4 nitrogen and oxygen atoms in total. The Hall–Kier alpha value is -2.14. The number of hydrogen-bond donors (Lipinski definition) is 2. The van der Waals surface area contributed by atoms with Gasteiger partial charge in [0.15, 0.2) is 5.75 Å². The molecule has 3 N–H and O–H groups in total. The van der Waals surface area contributed by atoms with Crippen LogP contribution in [-0.4, -0.2) is 17.3 Å². The van der Waals surface area contributed by atoms with Crippen molar-refractivity contribution in [3.05, 3.63) is 48.0 Å². The van der Waals surface area contributed by atoms with Gasteiger partial charge in [-0.3, -0.25) is 0 Å². The molecular formula is C14H13NO3S. The van der Waals surface area contributed by atoms with Gasteiger partial charge in [-0.25, -0.2) is 4.79 Å². The Morgan fingerprint density at radius 3 is 2.47 bits per heavy atom. The Kier molecular flexibility index (Phi) is 3.97. The van der Waals surface area contributed by atoms with Crippen LogP contribution in [0.3, 0.4) is 0 Å². The predicted octanol–water partition coefficient (Wildman–Crippen LogP) is 3.48. The molecule has 0 saturated carbocycles. The predicted molar refractivity (Wildman–Crippen MR) is 76.1 cm³/mol. The molecule has 0 aromatic heterocycles. The number of benzene rings is 2. The Morgan fingerprint density at radius 1 is 1.21 bits per heavy atom. The minimum Gasteiger partial charge on any atom is -0.478 e. The van der Waals surface area contributed by atoms with E-state index in [1.54, 1.807) is 36.0 Å². The fourth-order valence-electron chi connectivity index (χ4n) is 1.60. The van der Waals surface area contributed by atoms with Crippen LogP contribution in [0, 0.1) is 0 Å². The van der Waals surface area contributed by atoms with Crippen molar-refractivity contribution in [3.8, 4) is 11.5 Å². The highest BCUT2D eigenvalue weighted by Crippen LogP contribution is 2.32. The second-order valence-electron chi connectivity index (χ2n) is 3.81. The Bertz CT molecular complexity index is 596. The fourth-order valence-corrected chi connectivity index (χ4v) is 2.01. The summed E-state index contributed by atoms with van der Waals surface area (Å²) in [5, 5.41) is 9.11. The van der Waals surface area contributed by atoms with Crippen molar-refractivity contribution in [2.75, 3.05) is 12.0 Å². The standard InChI is InChI=1S/C14H13NO3S/c1-19-10-7-5-9(6-8-10)18-13-11(14(16)17)3-2-4-12(13)15/h2-8H,15H2,1H3,(H,16,17). The molecule has 0 aliphatic carbocycles. The van der Waals surface area contributed by atoms with Crippen molar-refractivity contribution in [2.24, 2.45) is 0 Å². The van der Waals surface area contributed by atoms with E-state index in [4.69, 9.17) is 15.6 Å². The first-order chi connectivity index (χ1) is 9.11. The van der Waals surface area contributed by atoms with E-state index in [1.807, 2.05) is 18.4 Å². The van der Waals surface area contributed by atoms with Gasteiger partial charge in [-0.05, 0) is 42.7 Å². The molecule has 0 aliphatic rings. The van der Waals surface area contributed by atoms with Gasteiger partial charge in [0.2, 0.25) is 0 Å². The zero-order chi connectivity index (χ0) is 13.8. The first-order valence-corrected chi connectivity index (χ1v) is 6.78. The van der Waals surface area contributed by atoms with Crippen LogP contribution in [0.15, 0.2) is 47.4 Å². The van der Waals surface area contributed by atoms with E-state index in [1.165, 1.54) is 6.07 Å². The van der Waals surface area contributed by atoms with E-state index in [2.05, 4.69) is 0 Å². The number of carbonyl (C=O) groups is 1. The summed E-state index contributed by atoms with van der Waals surface area (Å²) in [4.78, 5) is 12.2.